The first kappa shape index (κ1) is 8.91. The van der Waals surface area contributed by atoms with Crippen LogP contribution in [0, 0.1) is 17.3 Å². The molecule has 2 heterocycles. The molecule has 0 saturated heterocycles. The van der Waals surface area contributed by atoms with E-state index in [0.717, 1.165) is 0 Å². The number of halogens is 2. The van der Waals surface area contributed by atoms with Crippen LogP contribution in [-0.2, 0) is 7.05 Å². The minimum atomic E-state index is -0.686. The summed E-state index contributed by atoms with van der Waals surface area (Å²) in [6.45, 7) is 0. The van der Waals surface area contributed by atoms with Crippen molar-refractivity contribution in [2.24, 2.45) is 7.05 Å². The number of nitrogens with zero attached hydrogens (tertiary/aromatic N) is 4. The number of fused-ring (bicyclic) bond motifs is 1. The largest absolute Gasteiger partial charge is 0.263 e. The molecule has 0 aliphatic heterocycles. The van der Waals surface area contributed by atoms with Crippen molar-refractivity contribution in [2.45, 2.75) is 0 Å². The Hall–Kier alpha value is -1.67. The first-order chi connectivity index (χ1) is 6.63. The van der Waals surface area contributed by atoms with Gasteiger partial charge in [-0.15, -0.1) is 5.10 Å². The molecule has 4 nitrogen and oxygen atoms in total. The molecule has 70 valence electrons. The molecule has 0 aliphatic carbocycles. The molecule has 0 bridgehead atoms. The van der Waals surface area contributed by atoms with Gasteiger partial charge in [-0.05, 0) is 6.07 Å². The minimum Gasteiger partial charge on any atom is -0.263 e. The molecule has 0 unspecified atom stereocenters. The van der Waals surface area contributed by atoms with Gasteiger partial charge in [0.15, 0.2) is 0 Å². The second-order valence-corrected chi connectivity index (χ2v) is 3.08. The van der Waals surface area contributed by atoms with Gasteiger partial charge < -0.3 is 0 Å². The van der Waals surface area contributed by atoms with Crippen LogP contribution in [0.5, 0.6) is 0 Å². The summed E-state index contributed by atoms with van der Waals surface area (Å²) in [6, 6.07) is 3.32. The summed E-state index contributed by atoms with van der Waals surface area (Å²) in [6.07, 6.45) is 0. The molecule has 2 aromatic rings. The van der Waals surface area contributed by atoms with E-state index >= 15 is 0 Å². The van der Waals surface area contributed by atoms with Crippen LogP contribution in [0.2, 0.25) is 5.15 Å². The molecule has 0 atom stereocenters. The van der Waals surface area contributed by atoms with Gasteiger partial charge >= 0.3 is 0 Å². The van der Waals surface area contributed by atoms with Crippen LogP contribution < -0.4 is 0 Å². The number of aromatic nitrogens is 3. The van der Waals surface area contributed by atoms with Gasteiger partial charge in [0, 0.05) is 7.05 Å². The smallest absolute Gasteiger partial charge is 0.258 e. The molecule has 6 heteroatoms. The van der Waals surface area contributed by atoms with Gasteiger partial charge in [-0.1, -0.05) is 11.6 Å². The van der Waals surface area contributed by atoms with Crippen LogP contribution in [0.25, 0.3) is 11.0 Å². The first-order valence-electron chi connectivity index (χ1n) is 3.72. The lowest BCUT2D eigenvalue weighted by Gasteiger charge is -1.95. The summed E-state index contributed by atoms with van der Waals surface area (Å²) >= 11 is 5.65. The van der Waals surface area contributed by atoms with Crippen LogP contribution in [0.3, 0.4) is 0 Å². The van der Waals surface area contributed by atoms with Crippen molar-refractivity contribution < 1.29 is 4.39 Å². The highest BCUT2D eigenvalue weighted by Gasteiger charge is 2.12. The van der Waals surface area contributed by atoms with Gasteiger partial charge in [0.1, 0.15) is 16.7 Å². The van der Waals surface area contributed by atoms with Gasteiger partial charge in [-0.2, -0.15) is 9.65 Å². The first-order valence-corrected chi connectivity index (χ1v) is 4.10. The quantitative estimate of drug-likeness (QED) is 0.621. The number of rotatable bonds is 0. The van der Waals surface area contributed by atoms with Crippen LogP contribution >= 0.6 is 11.6 Å². The third-order valence-electron chi connectivity index (χ3n) is 1.86. The molecular formula is C8H4ClFN4. The zero-order valence-corrected chi connectivity index (χ0v) is 7.88. The van der Waals surface area contributed by atoms with Crippen LogP contribution in [-0.4, -0.2) is 14.8 Å². The molecule has 2 rings (SSSR count). The lowest BCUT2D eigenvalue weighted by molar-refractivity contribution is 0.560. The van der Waals surface area contributed by atoms with E-state index in [1.165, 1.54) is 10.7 Å². The Bertz CT molecular complexity index is 554. The summed E-state index contributed by atoms with van der Waals surface area (Å²) in [7, 11) is 1.57. The third-order valence-corrected chi connectivity index (χ3v) is 2.15. The molecular weight excluding hydrogens is 207 g/mol. The second kappa shape index (κ2) is 2.93. The van der Waals surface area contributed by atoms with E-state index in [-0.39, 0.29) is 16.2 Å². The monoisotopic (exact) mass is 210 g/mol. The highest BCUT2D eigenvalue weighted by molar-refractivity contribution is 6.30. The van der Waals surface area contributed by atoms with E-state index in [4.69, 9.17) is 16.9 Å². The molecule has 2 aromatic heterocycles. The van der Waals surface area contributed by atoms with E-state index in [1.54, 1.807) is 7.05 Å². The van der Waals surface area contributed by atoms with Gasteiger partial charge in [0.2, 0.25) is 0 Å². The highest BCUT2D eigenvalue weighted by Crippen LogP contribution is 2.20. The summed E-state index contributed by atoms with van der Waals surface area (Å²) in [5.74, 6) is -0.686. The van der Waals surface area contributed by atoms with Gasteiger partial charge in [-0.25, -0.2) is 4.98 Å². The fourth-order valence-corrected chi connectivity index (χ4v) is 1.37. The average Bonchev–Trinajstić information content (AvgIpc) is 2.41. The molecule has 14 heavy (non-hydrogen) atoms. The summed E-state index contributed by atoms with van der Waals surface area (Å²) in [5.41, 5.74) is 0.738. The molecule has 0 amide bonds. The fourth-order valence-electron chi connectivity index (χ4n) is 1.19. The third kappa shape index (κ3) is 1.12. The van der Waals surface area contributed by atoms with E-state index in [9.17, 15) is 4.39 Å². The molecule has 0 saturated carbocycles. The molecule has 0 radical (unpaired) electrons. The van der Waals surface area contributed by atoms with Gasteiger partial charge in [0.25, 0.3) is 5.95 Å². The number of hydrogen-bond donors (Lipinski definition) is 0. The number of aryl methyl sites for hydroxylation is 1. The van der Waals surface area contributed by atoms with Crippen molar-refractivity contribution in [2.75, 3.05) is 0 Å². The normalized spacial score (nSPS) is 10.4. The minimum absolute atomic E-state index is 0.00750. The number of pyridine rings is 1. The average molecular weight is 211 g/mol. The zero-order chi connectivity index (χ0) is 10.3. The Morgan fingerprint density at radius 3 is 3.00 bits per heavy atom. The Balaban J connectivity index is 2.91. The maximum Gasteiger partial charge on any atom is 0.258 e. The standard InChI is InChI=1S/C8H4ClFN4/c1-14-5-2-4(3-11)7(9)12-6(5)8(10)13-14/h2H,1H3. The Kier molecular flexibility index (Phi) is 1.86. The second-order valence-electron chi connectivity index (χ2n) is 2.72. The summed E-state index contributed by atoms with van der Waals surface area (Å²) in [4.78, 5) is 3.75. The van der Waals surface area contributed by atoms with E-state index in [1.807, 2.05) is 6.07 Å². The van der Waals surface area contributed by atoms with Crippen molar-refractivity contribution in [3.8, 4) is 6.07 Å². The van der Waals surface area contributed by atoms with Crippen molar-refractivity contribution in [1.29, 1.82) is 5.26 Å². The van der Waals surface area contributed by atoms with Crippen molar-refractivity contribution in [1.82, 2.24) is 14.8 Å². The summed E-state index contributed by atoms with van der Waals surface area (Å²) in [5, 5.41) is 12.2. The molecule has 0 N–H and O–H groups in total. The maximum atomic E-state index is 13.1. The molecule has 0 aromatic carbocycles. The Morgan fingerprint density at radius 2 is 2.36 bits per heavy atom. The number of nitriles is 1. The SMILES string of the molecule is Cn1nc(F)c2nc(Cl)c(C#N)cc21. The van der Waals surface area contributed by atoms with Crippen LogP contribution in [0.15, 0.2) is 6.07 Å². The van der Waals surface area contributed by atoms with Crippen molar-refractivity contribution >= 4 is 22.6 Å². The Morgan fingerprint density at radius 1 is 1.64 bits per heavy atom. The molecule has 0 fully saturated rings. The van der Waals surface area contributed by atoms with Gasteiger partial charge in [-0.3, -0.25) is 4.68 Å². The Labute approximate surface area is 83.5 Å². The molecule has 0 spiro atoms. The lowest BCUT2D eigenvalue weighted by atomic mass is 10.3. The highest BCUT2D eigenvalue weighted by atomic mass is 35.5. The predicted octanol–water partition coefficient (Wildman–Crippen LogP) is 1.63. The topological polar surface area (TPSA) is 54.5 Å². The zero-order valence-electron chi connectivity index (χ0n) is 7.12. The fraction of sp³-hybridized carbons (Fsp3) is 0.125. The summed E-state index contributed by atoms with van der Waals surface area (Å²) < 4.78 is 14.4. The van der Waals surface area contributed by atoms with E-state index in [0.29, 0.717) is 5.52 Å². The van der Waals surface area contributed by atoms with Crippen LogP contribution in [0.1, 0.15) is 5.56 Å². The van der Waals surface area contributed by atoms with Crippen molar-refractivity contribution in [3.63, 3.8) is 0 Å². The maximum absolute atomic E-state index is 13.1. The van der Waals surface area contributed by atoms with E-state index < -0.39 is 5.95 Å². The van der Waals surface area contributed by atoms with E-state index in [2.05, 4.69) is 10.1 Å². The predicted molar refractivity (Wildman–Crippen MR) is 48.2 cm³/mol. The van der Waals surface area contributed by atoms with Crippen molar-refractivity contribution in [3.05, 3.63) is 22.7 Å². The van der Waals surface area contributed by atoms with Crippen LogP contribution in [0.4, 0.5) is 4.39 Å². The van der Waals surface area contributed by atoms with Gasteiger partial charge in [0.05, 0.1) is 11.1 Å². The molecule has 0 aliphatic rings. The number of hydrogen-bond acceptors (Lipinski definition) is 3. The lowest BCUT2D eigenvalue weighted by Crippen LogP contribution is -1.91.